The van der Waals surface area contributed by atoms with Gasteiger partial charge >= 0.3 is 0 Å². The average Bonchev–Trinajstić information content (AvgIpc) is 2.40. The smallest absolute Gasteiger partial charge is 0.0786 e. The van der Waals surface area contributed by atoms with Gasteiger partial charge in [0, 0.05) is 5.92 Å². The zero-order valence-electron chi connectivity index (χ0n) is 9.96. The molecule has 0 aromatic heterocycles. The number of hydrogen-bond acceptors (Lipinski definition) is 1. The lowest BCUT2D eigenvalue weighted by molar-refractivity contribution is 0.0887. The van der Waals surface area contributed by atoms with Gasteiger partial charge < -0.3 is 5.11 Å². The highest BCUT2D eigenvalue weighted by Gasteiger charge is 2.39. The summed E-state index contributed by atoms with van der Waals surface area (Å²) < 4.78 is 0. The summed E-state index contributed by atoms with van der Waals surface area (Å²) in [5.41, 5.74) is 2.64. The Morgan fingerprint density at radius 1 is 1.64 bits per heavy atom. The molecule has 0 saturated carbocycles. The molecule has 14 heavy (non-hydrogen) atoms. The third-order valence-corrected chi connectivity index (χ3v) is 3.92. The van der Waals surface area contributed by atoms with Crippen LogP contribution in [0.5, 0.6) is 0 Å². The van der Waals surface area contributed by atoms with Crippen molar-refractivity contribution in [1.29, 1.82) is 0 Å². The van der Waals surface area contributed by atoms with Gasteiger partial charge in [-0.05, 0) is 38.2 Å². The van der Waals surface area contributed by atoms with Crippen molar-refractivity contribution in [1.82, 2.24) is 0 Å². The van der Waals surface area contributed by atoms with E-state index in [2.05, 4.69) is 26.8 Å². The van der Waals surface area contributed by atoms with E-state index in [0.29, 0.717) is 5.92 Å². The Morgan fingerprint density at radius 2 is 2.21 bits per heavy atom. The lowest BCUT2D eigenvalue weighted by Gasteiger charge is -2.33. The number of aliphatic hydroxyl groups is 1. The molecule has 1 heteroatoms. The molecule has 80 valence electrons. The molecule has 0 aliphatic heterocycles. The summed E-state index contributed by atoms with van der Waals surface area (Å²) in [6.45, 7) is 10.6. The van der Waals surface area contributed by atoms with Crippen molar-refractivity contribution in [3.05, 3.63) is 23.3 Å². The van der Waals surface area contributed by atoms with Gasteiger partial charge in [-0.2, -0.15) is 0 Å². The van der Waals surface area contributed by atoms with Crippen LogP contribution in [0.1, 0.15) is 41.0 Å². The van der Waals surface area contributed by atoms with Gasteiger partial charge in [0.15, 0.2) is 0 Å². The molecule has 1 rings (SSSR count). The zero-order chi connectivity index (χ0) is 10.9. The summed E-state index contributed by atoms with van der Waals surface area (Å²) in [6, 6.07) is 0. The maximum absolute atomic E-state index is 10.2. The summed E-state index contributed by atoms with van der Waals surface area (Å²) in [7, 11) is 0. The van der Waals surface area contributed by atoms with E-state index in [1.54, 1.807) is 0 Å². The normalized spacial score (nSPS) is 28.9. The molecule has 1 aliphatic rings. The average molecular weight is 194 g/mol. The molecule has 2 unspecified atom stereocenters. The van der Waals surface area contributed by atoms with Crippen LogP contribution in [0.25, 0.3) is 0 Å². The van der Waals surface area contributed by atoms with E-state index in [9.17, 15) is 5.11 Å². The third kappa shape index (κ3) is 1.78. The molecular formula is C13H22O. The van der Waals surface area contributed by atoms with Crippen LogP contribution in [0.2, 0.25) is 0 Å². The van der Waals surface area contributed by atoms with E-state index >= 15 is 0 Å². The first-order valence-electron chi connectivity index (χ1n) is 5.39. The Kier molecular flexibility index (Phi) is 3.20. The molecule has 1 nitrogen and oxygen atoms in total. The molecule has 1 aliphatic carbocycles. The van der Waals surface area contributed by atoms with Crippen LogP contribution in [-0.2, 0) is 0 Å². The first-order chi connectivity index (χ1) is 6.41. The molecule has 2 atom stereocenters. The molecule has 0 heterocycles. The SMILES string of the molecule is C/C=C(\C)C(O)C1CC=C(C)C1(C)C. The molecule has 0 radical (unpaired) electrons. The second-order valence-corrected chi connectivity index (χ2v) is 4.93. The minimum absolute atomic E-state index is 0.143. The fourth-order valence-electron chi connectivity index (χ4n) is 2.17. The van der Waals surface area contributed by atoms with E-state index in [-0.39, 0.29) is 11.5 Å². The predicted octanol–water partition coefficient (Wildman–Crippen LogP) is 3.31. The Morgan fingerprint density at radius 3 is 2.57 bits per heavy atom. The van der Waals surface area contributed by atoms with Crippen LogP contribution >= 0.6 is 0 Å². The molecule has 0 bridgehead atoms. The maximum atomic E-state index is 10.2. The van der Waals surface area contributed by atoms with Crippen molar-refractivity contribution in [2.24, 2.45) is 11.3 Å². The maximum Gasteiger partial charge on any atom is 0.0786 e. The summed E-state index contributed by atoms with van der Waals surface area (Å²) in [4.78, 5) is 0. The molecule has 1 N–H and O–H groups in total. The van der Waals surface area contributed by atoms with Gasteiger partial charge in [-0.1, -0.05) is 31.6 Å². The highest BCUT2D eigenvalue weighted by Crippen LogP contribution is 2.45. The van der Waals surface area contributed by atoms with Gasteiger partial charge in [0.1, 0.15) is 0 Å². The number of hydrogen-bond donors (Lipinski definition) is 1. The minimum Gasteiger partial charge on any atom is -0.388 e. The standard InChI is InChI=1S/C13H22O/c1-6-9(2)12(14)11-8-7-10(3)13(11,4)5/h6-7,11-12,14H,8H2,1-5H3/b9-6+. The Balaban J connectivity index is 2.83. The van der Waals surface area contributed by atoms with E-state index < -0.39 is 0 Å². The van der Waals surface area contributed by atoms with Crippen LogP contribution in [0.3, 0.4) is 0 Å². The van der Waals surface area contributed by atoms with Gasteiger partial charge in [0.25, 0.3) is 0 Å². The lowest BCUT2D eigenvalue weighted by atomic mass is 9.73. The lowest BCUT2D eigenvalue weighted by Crippen LogP contribution is -2.32. The monoisotopic (exact) mass is 194 g/mol. The van der Waals surface area contributed by atoms with Crippen LogP contribution in [0.15, 0.2) is 23.3 Å². The zero-order valence-corrected chi connectivity index (χ0v) is 9.96. The summed E-state index contributed by atoms with van der Waals surface area (Å²) in [6.07, 6.45) is 4.99. The molecule has 0 aromatic rings. The summed E-state index contributed by atoms with van der Waals surface area (Å²) in [5, 5.41) is 10.2. The van der Waals surface area contributed by atoms with Crippen LogP contribution in [0, 0.1) is 11.3 Å². The van der Waals surface area contributed by atoms with Crippen LogP contribution in [-0.4, -0.2) is 11.2 Å². The van der Waals surface area contributed by atoms with Crippen LogP contribution < -0.4 is 0 Å². The highest BCUT2D eigenvalue weighted by atomic mass is 16.3. The minimum atomic E-state index is -0.288. The molecule has 0 amide bonds. The summed E-state index contributed by atoms with van der Waals surface area (Å²) in [5.74, 6) is 0.346. The molecule has 0 saturated heterocycles. The van der Waals surface area contributed by atoms with Crippen LogP contribution in [0.4, 0.5) is 0 Å². The first-order valence-corrected chi connectivity index (χ1v) is 5.39. The molecule has 0 aromatic carbocycles. The van der Waals surface area contributed by atoms with Crippen molar-refractivity contribution in [3.63, 3.8) is 0 Å². The second kappa shape index (κ2) is 3.90. The predicted molar refractivity (Wildman–Crippen MR) is 61.1 cm³/mol. The van der Waals surface area contributed by atoms with E-state index in [1.165, 1.54) is 5.57 Å². The van der Waals surface area contributed by atoms with Gasteiger partial charge in [0.05, 0.1) is 6.10 Å². The van der Waals surface area contributed by atoms with Crippen molar-refractivity contribution >= 4 is 0 Å². The van der Waals surface area contributed by atoms with Gasteiger partial charge in [0.2, 0.25) is 0 Å². The Labute approximate surface area is 87.5 Å². The molecule has 0 spiro atoms. The van der Waals surface area contributed by atoms with Gasteiger partial charge in [-0.25, -0.2) is 0 Å². The summed E-state index contributed by atoms with van der Waals surface area (Å²) >= 11 is 0. The fraction of sp³-hybridized carbons (Fsp3) is 0.692. The van der Waals surface area contributed by atoms with Gasteiger partial charge in [-0.3, -0.25) is 0 Å². The first kappa shape index (κ1) is 11.5. The number of allylic oxidation sites excluding steroid dienone is 3. The fourth-order valence-corrected chi connectivity index (χ4v) is 2.17. The van der Waals surface area contributed by atoms with Crippen molar-refractivity contribution in [2.45, 2.75) is 47.1 Å². The Hall–Kier alpha value is -0.560. The molecular weight excluding hydrogens is 172 g/mol. The second-order valence-electron chi connectivity index (χ2n) is 4.93. The van der Waals surface area contributed by atoms with E-state index in [0.717, 1.165) is 12.0 Å². The third-order valence-electron chi connectivity index (χ3n) is 3.92. The van der Waals surface area contributed by atoms with Crippen molar-refractivity contribution in [2.75, 3.05) is 0 Å². The van der Waals surface area contributed by atoms with Gasteiger partial charge in [-0.15, -0.1) is 0 Å². The number of rotatable bonds is 2. The van der Waals surface area contributed by atoms with E-state index in [4.69, 9.17) is 0 Å². The van der Waals surface area contributed by atoms with Crippen molar-refractivity contribution in [3.8, 4) is 0 Å². The topological polar surface area (TPSA) is 20.2 Å². The molecule has 0 fully saturated rings. The van der Waals surface area contributed by atoms with Crippen molar-refractivity contribution < 1.29 is 5.11 Å². The highest BCUT2D eigenvalue weighted by molar-refractivity contribution is 5.22. The van der Waals surface area contributed by atoms with E-state index in [1.807, 2.05) is 19.9 Å². The quantitative estimate of drug-likeness (QED) is 0.669. The largest absolute Gasteiger partial charge is 0.388 e. The number of aliphatic hydroxyl groups excluding tert-OH is 1. The Bertz CT molecular complexity index is 271.